The fourth-order valence-corrected chi connectivity index (χ4v) is 7.00. The van der Waals surface area contributed by atoms with Gasteiger partial charge in [0, 0.05) is 51.4 Å². The molecular formula is C24H58N14O10S2. The van der Waals surface area contributed by atoms with Crippen LogP contribution in [0.3, 0.4) is 0 Å². The third-order valence-electron chi connectivity index (χ3n) is 8.42. The summed E-state index contributed by atoms with van der Waals surface area (Å²) in [6.45, 7) is 0.580. The number of nitrogens with one attached hydrogen (secondary N) is 10. The van der Waals surface area contributed by atoms with Crippen molar-refractivity contribution >= 4 is 20.2 Å². The van der Waals surface area contributed by atoms with Gasteiger partial charge in [-0.3, -0.25) is 63.0 Å². The molecule has 2 aliphatic heterocycles. The molecule has 0 radical (unpaired) electrons. The second-order valence-corrected chi connectivity index (χ2v) is 15.5. The Hall–Kier alpha value is -0.900. The summed E-state index contributed by atoms with van der Waals surface area (Å²) in [7, 11) is -7.77. The van der Waals surface area contributed by atoms with Gasteiger partial charge in [-0.15, -0.1) is 0 Å². The number of aliphatic hydroxyl groups is 4. The maximum absolute atomic E-state index is 11.7. The Morgan fingerprint density at radius 2 is 0.960 bits per heavy atom. The fourth-order valence-electron chi connectivity index (χ4n) is 6.07. The van der Waals surface area contributed by atoms with Crippen LogP contribution >= 0.6 is 0 Å². The predicted molar refractivity (Wildman–Crippen MR) is 179 cm³/mol. The number of nitrogens with two attached hydrogens (primary N) is 2. The molecule has 3 aliphatic rings. The maximum Gasteiger partial charge on any atom is 0.284 e. The van der Waals surface area contributed by atoms with E-state index in [1.54, 1.807) is 0 Å². The second kappa shape index (κ2) is 22.3. The lowest BCUT2D eigenvalue weighted by atomic mass is 9.91. The Labute approximate surface area is 293 Å². The smallest absolute Gasteiger partial charge is 0.284 e. The normalized spacial score (nSPS) is 29.9. The molecule has 50 heavy (non-hydrogen) atoms. The Balaban J connectivity index is 1.65. The topological polar surface area (TPSA) is 346 Å². The number of hydrogen-bond acceptors (Lipinski definition) is 24. The zero-order valence-electron chi connectivity index (χ0n) is 28.0. The van der Waals surface area contributed by atoms with E-state index in [2.05, 4.69) is 61.7 Å². The molecule has 8 atom stereocenters. The van der Waals surface area contributed by atoms with E-state index < -0.39 is 58.0 Å². The quantitative estimate of drug-likeness (QED) is 0.0406. The minimum absolute atomic E-state index is 0.0246. The fraction of sp³-hybridized carbons (Fsp3) is 1.00. The Bertz CT molecular complexity index is 1070. The standard InChI is InChI=1S/C24H58N14O10S2/c25-47-49(43,44)14-4-27-19-31-21(35-23(33-19)37(6-10-39)7-11-40)29-17-2-1-3-18(16-17)30-22-32-20(28-5-15-50(45,46)48-26)34-24(36-22)38(8-12-41)9-13-42/h17-24,27-36,39-42H,1-16,25-26H2. The number of hydrogen-bond donors (Lipinski definition) is 16. The highest BCUT2D eigenvalue weighted by Gasteiger charge is 2.35. The van der Waals surface area contributed by atoms with E-state index in [9.17, 15) is 37.3 Å². The molecule has 24 nitrogen and oxygen atoms in total. The largest absolute Gasteiger partial charge is 0.395 e. The van der Waals surface area contributed by atoms with Crippen molar-refractivity contribution in [3.8, 4) is 0 Å². The van der Waals surface area contributed by atoms with E-state index in [1.807, 2.05) is 9.80 Å². The Kier molecular flexibility index (Phi) is 19.4. The molecule has 2 heterocycles. The van der Waals surface area contributed by atoms with Gasteiger partial charge < -0.3 is 20.4 Å². The van der Waals surface area contributed by atoms with Crippen LogP contribution in [0.5, 0.6) is 0 Å². The Morgan fingerprint density at radius 1 is 0.600 bits per heavy atom. The molecule has 0 aromatic rings. The third-order valence-corrected chi connectivity index (χ3v) is 10.4. The van der Waals surface area contributed by atoms with Crippen molar-refractivity contribution in [3.63, 3.8) is 0 Å². The molecule has 0 amide bonds. The van der Waals surface area contributed by atoms with E-state index in [-0.39, 0.29) is 89.3 Å². The van der Waals surface area contributed by atoms with Gasteiger partial charge in [0.25, 0.3) is 20.2 Å². The van der Waals surface area contributed by atoms with Crippen molar-refractivity contribution in [3.05, 3.63) is 0 Å². The van der Waals surface area contributed by atoms with Crippen LogP contribution in [0.25, 0.3) is 0 Å². The number of aliphatic hydroxyl groups excluding tert-OH is 4. The molecule has 0 bridgehead atoms. The monoisotopic (exact) mass is 766 g/mol. The van der Waals surface area contributed by atoms with Gasteiger partial charge in [-0.1, -0.05) is 6.42 Å². The lowest BCUT2D eigenvalue weighted by molar-refractivity contribution is 0.0149. The third kappa shape index (κ3) is 15.2. The van der Waals surface area contributed by atoms with E-state index in [0.29, 0.717) is 0 Å². The van der Waals surface area contributed by atoms with Crippen LogP contribution in [-0.4, -0.2) is 174 Å². The lowest BCUT2D eigenvalue weighted by Gasteiger charge is -2.46. The van der Waals surface area contributed by atoms with E-state index in [0.717, 1.165) is 25.7 Å². The molecule has 296 valence electrons. The van der Waals surface area contributed by atoms with Crippen molar-refractivity contribution < 1.29 is 45.8 Å². The average molecular weight is 767 g/mol. The van der Waals surface area contributed by atoms with Crippen molar-refractivity contribution in [2.45, 2.75) is 75.5 Å². The zero-order chi connectivity index (χ0) is 36.6. The van der Waals surface area contributed by atoms with Crippen LogP contribution in [-0.2, 0) is 28.8 Å². The molecule has 8 unspecified atom stereocenters. The van der Waals surface area contributed by atoms with Gasteiger partial charge in [0.05, 0.1) is 37.9 Å². The molecule has 0 aromatic heterocycles. The average Bonchev–Trinajstić information content (AvgIpc) is 3.08. The highest BCUT2D eigenvalue weighted by molar-refractivity contribution is 7.86. The molecule has 0 spiro atoms. The summed E-state index contributed by atoms with van der Waals surface area (Å²) in [5.41, 5.74) is 0. The van der Waals surface area contributed by atoms with Crippen LogP contribution in [0.15, 0.2) is 0 Å². The molecule has 3 rings (SSSR count). The summed E-state index contributed by atoms with van der Waals surface area (Å²) >= 11 is 0. The van der Waals surface area contributed by atoms with Crippen LogP contribution in [0.4, 0.5) is 0 Å². The number of rotatable bonds is 24. The first-order valence-corrected chi connectivity index (χ1v) is 19.8. The molecule has 2 saturated heterocycles. The molecule has 26 heteroatoms. The van der Waals surface area contributed by atoms with Crippen molar-refractivity contribution in [2.24, 2.45) is 11.8 Å². The Morgan fingerprint density at radius 3 is 1.30 bits per heavy atom. The zero-order valence-corrected chi connectivity index (χ0v) is 29.7. The second-order valence-electron chi connectivity index (χ2n) is 12.0. The predicted octanol–water partition coefficient (Wildman–Crippen LogP) is -9.06. The molecule has 3 fully saturated rings. The molecule has 1 saturated carbocycles. The first-order valence-electron chi connectivity index (χ1n) is 16.6. The van der Waals surface area contributed by atoms with Gasteiger partial charge in [-0.2, -0.15) is 37.2 Å². The summed E-state index contributed by atoms with van der Waals surface area (Å²) in [4.78, 5) is 3.64. The van der Waals surface area contributed by atoms with Crippen LogP contribution in [0, 0.1) is 0 Å². The van der Waals surface area contributed by atoms with E-state index in [1.165, 1.54) is 0 Å². The molecule has 1 aliphatic carbocycles. The van der Waals surface area contributed by atoms with Gasteiger partial charge in [0.2, 0.25) is 0 Å². The van der Waals surface area contributed by atoms with Crippen molar-refractivity contribution in [1.82, 2.24) is 63.0 Å². The summed E-state index contributed by atoms with van der Waals surface area (Å²) in [5.74, 6) is 8.98. The molecule has 0 aromatic carbocycles. The van der Waals surface area contributed by atoms with E-state index >= 15 is 0 Å². The highest BCUT2D eigenvalue weighted by atomic mass is 32.2. The van der Waals surface area contributed by atoms with E-state index in [4.69, 9.17) is 11.8 Å². The summed E-state index contributed by atoms with van der Waals surface area (Å²) < 4.78 is 54.9. The SMILES string of the molecule is NOS(=O)(=O)CCNC1NC(NC2CCCC(NC3NC(NCCS(=O)(=O)ON)NC(N(CCO)CCO)N3)C2)NC(N(CCO)CCO)N1. The number of nitrogens with zero attached hydrogens (tertiary/aromatic N) is 2. The summed E-state index contributed by atoms with van der Waals surface area (Å²) in [5, 5.41) is 71.7. The van der Waals surface area contributed by atoms with Crippen molar-refractivity contribution in [2.75, 3.05) is 77.2 Å². The first-order chi connectivity index (χ1) is 23.9. The lowest BCUT2D eigenvalue weighted by Crippen LogP contribution is -2.79. The van der Waals surface area contributed by atoms with Gasteiger partial charge in [-0.25, -0.2) is 0 Å². The van der Waals surface area contributed by atoms with Crippen LogP contribution in [0.2, 0.25) is 0 Å². The molecular weight excluding hydrogens is 708 g/mol. The summed E-state index contributed by atoms with van der Waals surface area (Å²) in [6, 6.07) is 0.0722. The first kappa shape index (κ1) is 43.5. The summed E-state index contributed by atoms with van der Waals surface area (Å²) in [6.07, 6.45) is 0.307. The van der Waals surface area contributed by atoms with Gasteiger partial charge in [0.1, 0.15) is 37.7 Å². The van der Waals surface area contributed by atoms with Crippen LogP contribution < -0.4 is 65.0 Å². The van der Waals surface area contributed by atoms with Gasteiger partial charge >= 0.3 is 0 Å². The van der Waals surface area contributed by atoms with Crippen LogP contribution in [0.1, 0.15) is 25.7 Å². The maximum atomic E-state index is 11.7. The molecule has 18 N–H and O–H groups in total. The highest BCUT2D eigenvalue weighted by Crippen LogP contribution is 2.20. The minimum atomic E-state index is -3.88. The van der Waals surface area contributed by atoms with Gasteiger partial charge in [0.15, 0.2) is 0 Å². The van der Waals surface area contributed by atoms with Crippen molar-refractivity contribution in [1.29, 1.82) is 0 Å². The van der Waals surface area contributed by atoms with Gasteiger partial charge in [-0.05, 0) is 19.3 Å². The minimum Gasteiger partial charge on any atom is -0.395 e.